The lowest BCUT2D eigenvalue weighted by Gasteiger charge is -2.25. The van der Waals surface area contributed by atoms with Gasteiger partial charge in [0.05, 0.1) is 19.8 Å². The van der Waals surface area contributed by atoms with Crippen LogP contribution in [-0.2, 0) is 4.74 Å². The maximum Gasteiger partial charge on any atom is 0.125 e. The molecule has 0 bridgehead atoms. The van der Waals surface area contributed by atoms with E-state index in [1.54, 1.807) is 7.11 Å². The third-order valence-electron chi connectivity index (χ3n) is 2.79. The second-order valence-electron chi connectivity index (χ2n) is 3.91. The van der Waals surface area contributed by atoms with Crippen molar-refractivity contribution in [3.63, 3.8) is 0 Å². The molecule has 16 heavy (non-hydrogen) atoms. The monoisotopic (exact) mass is 241 g/mol. The van der Waals surface area contributed by atoms with Crippen molar-refractivity contribution in [3.8, 4) is 5.75 Å². The summed E-state index contributed by atoms with van der Waals surface area (Å²) in [6, 6.07) is 3.89. The highest BCUT2D eigenvalue weighted by Crippen LogP contribution is 2.33. The molecule has 3 nitrogen and oxygen atoms in total. The van der Waals surface area contributed by atoms with E-state index in [1.165, 1.54) is 0 Å². The average molecular weight is 242 g/mol. The molecule has 0 saturated carbocycles. The highest BCUT2D eigenvalue weighted by atomic mass is 35.5. The van der Waals surface area contributed by atoms with Crippen LogP contribution in [0.3, 0.4) is 0 Å². The molecule has 1 N–H and O–H groups in total. The van der Waals surface area contributed by atoms with Crippen LogP contribution in [0.15, 0.2) is 12.1 Å². The Labute approximate surface area is 101 Å². The molecule has 1 fully saturated rings. The summed E-state index contributed by atoms with van der Waals surface area (Å²) >= 11 is 6.13. The van der Waals surface area contributed by atoms with E-state index in [-0.39, 0.29) is 6.10 Å². The lowest BCUT2D eigenvalue weighted by molar-refractivity contribution is 0.0263. The number of morpholine rings is 1. The lowest BCUT2D eigenvalue weighted by Crippen LogP contribution is -2.33. The van der Waals surface area contributed by atoms with Crippen LogP contribution in [0.2, 0.25) is 5.02 Å². The lowest BCUT2D eigenvalue weighted by atomic mass is 10.0. The molecule has 1 aromatic rings. The second kappa shape index (κ2) is 5.04. The van der Waals surface area contributed by atoms with Gasteiger partial charge in [0, 0.05) is 23.7 Å². The molecule has 0 aromatic heterocycles. The van der Waals surface area contributed by atoms with E-state index in [2.05, 4.69) is 5.32 Å². The van der Waals surface area contributed by atoms with Gasteiger partial charge in [-0.05, 0) is 24.6 Å². The summed E-state index contributed by atoms with van der Waals surface area (Å²) in [6.07, 6.45) is 0.0294. The second-order valence-corrected chi connectivity index (χ2v) is 4.31. The van der Waals surface area contributed by atoms with Crippen LogP contribution in [0, 0.1) is 6.92 Å². The SMILES string of the molecule is COc1cc(C)c(Cl)cc1C1CNCCO1. The van der Waals surface area contributed by atoms with Crippen LogP contribution in [-0.4, -0.2) is 26.8 Å². The molecule has 1 heterocycles. The molecule has 1 aliphatic rings. The van der Waals surface area contributed by atoms with Crippen molar-refractivity contribution in [2.24, 2.45) is 0 Å². The van der Waals surface area contributed by atoms with Crippen molar-refractivity contribution in [2.75, 3.05) is 26.8 Å². The molecular formula is C12H16ClNO2. The van der Waals surface area contributed by atoms with Gasteiger partial charge >= 0.3 is 0 Å². The Morgan fingerprint density at radius 1 is 1.50 bits per heavy atom. The molecule has 1 atom stereocenters. The van der Waals surface area contributed by atoms with Gasteiger partial charge in [-0.25, -0.2) is 0 Å². The summed E-state index contributed by atoms with van der Waals surface area (Å²) in [5, 5.41) is 4.05. The van der Waals surface area contributed by atoms with E-state index >= 15 is 0 Å². The van der Waals surface area contributed by atoms with Gasteiger partial charge in [0.15, 0.2) is 0 Å². The molecule has 2 rings (SSSR count). The minimum Gasteiger partial charge on any atom is -0.496 e. The van der Waals surface area contributed by atoms with Crippen LogP contribution in [0.4, 0.5) is 0 Å². The Bertz CT molecular complexity index is 376. The highest BCUT2D eigenvalue weighted by molar-refractivity contribution is 6.31. The molecular weight excluding hydrogens is 226 g/mol. The smallest absolute Gasteiger partial charge is 0.125 e. The number of hydrogen-bond acceptors (Lipinski definition) is 3. The van der Waals surface area contributed by atoms with E-state index in [4.69, 9.17) is 21.1 Å². The minimum absolute atomic E-state index is 0.0294. The molecule has 4 heteroatoms. The number of ether oxygens (including phenoxy) is 2. The molecule has 0 spiro atoms. The van der Waals surface area contributed by atoms with Crippen LogP contribution in [0.1, 0.15) is 17.2 Å². The molecule has 1 unspecified atom stereocenters. The summed E-state index contributed by atoms with van der Waals surface area (Å²) in [7, 11) is 1.67. The van der Waals surface area contributed by atoms with Crippen molar-refractivity contribution in [1.82, 2.24) is 5.32 Å². The molecule has 0 amide bonds. The summed E-state index contributed by atoms with van der Waals surface area (Å²) in [5.74, 6) is 0.843. The number of methoxy groups -OCH3 is 1. The van der Waals surface area contributed by atoms with E-state index < -0.39 is 0 Å². The fourth-order valence-corrected chi connectivity index (χ4v) is 2.04. The first kappa shape index (κ1) is 11.7. The summed E-state index contributed by atoms with van der Waals surface area (Å²) in [6.45, 7) is 4.39. The average Bonchev–Trinajstić information content (AvgIpc) is 2.33. The molecule has 88 valence electrons. The van der Waals surface area contributed by atoms with Crippen LogP contribution >= 0.6 is 11.6 Å². The minimum atomic E-state index is 0.0294. The van der Waals surface area contributed by atoms with Gasteiger partial charge in [-0.1, -0.05) is 11.6 Å². The first-order chi connectivity index (χ1) is 7.72. The molecule has 0 radical (unpaired) electrons. The fraction of sp³-hybridized carbons (Fsp3) is 0.500. The molecule has 1 aliphatic heterocycles. The van der Waals surface area contributed by atoms with Gasteiger partial charge in [0.2, 0.25) is 0 Å². The van der Waals surface area contributed by atoms with Gasteiger partial charge in [-0.2, -0.15) is 0 Å². The Morgan fingerprint density at radius 3 is 2.94 bits per heavy atom. The van der Waals surface area contributed by atoms with Crippen LogP contribution in [0.5, 0.6) is 5.75 Å². The van der Waals surface area contributed by atoms with Gasteiger partial charge in [-0.15, -0.1) is 0 Å². The zero-order valence-corrected chi connectivity index (χ0v) is 10.3. The zero-order chi connectivity index (χ0) is 11.5. The summed E-state index contributed by atoms with van der Waals surface area (Å²) < 4.78 is 11.1. The summed E-state index contributed by atoms with van der Waals surface area (Å²) in [5.41, 5.74) is 2.04. The van der Waals surface area contributed by atoms with Gasteiger partial charge in [0.1, 0.15) is 5.75 Å². The Hall–Kier alpha value is -0.770. The van der Waals surface area contributed by atoms with E-state index in [0.717, 1.165) is 41.6 Å². The van der Waals surface area contributed by atoms with E-state index in [9.17, 15) is 0 Å². The third-order valence-corrected chi connectivity index (χ3v) is 3.19. The Morgan fingerprint density at radius 2 is 2.31 bits per heavy atom. The van der Waals surface area contributed by atoms with Gasteiger partial charge in [0.25, 0.3) is 0 Å². The number of halogens is 1. The highest BCUT2D eigenvalue weighted by Gasteiger charge is 2.20. The summed E-state index contributed by atoms with van der Waals surface area (Å²) in [4.78, 5) is 0. The number of benzene rings is 1. The van der Waals surface area contributed by atoms with E-state index in [0.29, 0.717) is 0 Å². The largest absolute Gasteiger partial charge is 0.496 e. The maximum absolute atomic E-state index is 6.13. The van der Waals surface area contributed by atoms with Crippen LogP contribution in [0.25, 0.3) is 0 Å². The molecule has 1 aromatic carbocycles. The van der Waals surface area contributed by atoms with Gasteiger partial charge < -0.3 is 14.8 Å². The van der Waals surface area contributed by atoms with Crippen molar-refractivity contribution in [2.45, 2.75) is 13.0 Å². The Balaban J connectivity index is 2.33. The Kier molecular flexibility index (Phi) is 3.69. The predicted octanol–water partition coefficient (Wildman–Crippen LogP) is 2.32. The normalized spacial score (nSPS) is 20.8. The molecule has 0 aliphatic carbocycles. The quantitative estimate of drug-likeness (QED) is 0.862. The standard InChI is InChI=1S/C12H16ClNO2/c1-8-5-11(15-2)9(6-10(8)13)12-7-14-3-4-16-12/h5-6,12,14H,3-4,7H2,1-2H3. The van der Waals surface area contributed by atoms with Crippen molar-refractivity contribution in [1.29, 1.82) is 0 Å². The third kappa shape index (κ3) is 2.32. The van der Waals surface area contributed by atoms with Crippen molar-refractivity contribution in [3.05, 3.63) is 28.3 Å². The molecule has 1 saturated heterocycles. The first-order valence-corrected chi connectivity index (χ1v) is 5.76. The number of aryl methyl sites for hydroxylation is 1. The zero-order valence-electron chi connectivity index (χ0n) is 9.55. The fourth-order valence-electron chi connectivity index (χ4n) is 1.86. The van der Waals surface area contributed by atoms with Crippen LogP contribution < -0.4 is 10.1 Å². The van der Waals surface area contributed by atoms with Gasteiger partial charge in [-0.3, -0.25) is 0 Å². The topological polar surface area (TPSA) is 30.5 Å². The first-order valence-electron chi connectivity index (χ1n) is 5.38. The van der Waals surface area contributed by atoms with Crippen molar-refractivity contribution < 1.29 is 9.47 Å². The number of nitrogens with one attached hydrogen (secondary N) is 1. The predicted molar refractivity (Wildman–Crippen MR) is 64.3 cm³/mol. The maximum atomic E-state index is 6.13. The number of hydrogen-bond donors (Lipinski definition) is 1. The van der Waals surface area contributed by atoms with Crippen molar-refractivity contribution >= 4 is 11.6 Å². The van der Waals surface area contributed by atoms with E-state index in [1.807, 2.05) is 19.1 Å². The number of rotatable bonds is 2.